The molecule has 1 aliphatic rings. The average Bonchev–Trinajstić information content (AvgIpc) is 2.85. The smallest absolute Gasteiger partial charge is 0.272 e. The highest BCUT2D eigenvalue weighted by Gasteiger charge is 2.35. The van der Waals surface area contributed by atoms with Gasteiger partial charge >= 0.3 is 0 Å². The molecule has 1 atom stereocenters. The molecule has 6 heteroatoms. The molecule has 23 heavy (non-hydrogen) atoms. The second-order valence-electron chi connectivity index (χ2n) is 7.09. The maximum Gasteiger partial charge on any atom is 0.272 e. The highest BCUT2D eigenvalue weighted by Crippen LogP contribution is 2.19. The number of nitrogens with zero attached hydrogens (tertiary/aromatic N) is 4. The first-order chi connectivity index (χ1) is 10.7. The zero-order valence-electron chi connectivity index (χ0n) is 15.0. The molecule has 6 nitrogen and oxygen atoms in total. The number of aryl methyl sites for hydroxylation is 1. The Bertz CT molecular complexity index is 591. The van der Waals surface area contributed by atoms with Crippen molar-refractivity contribution in [1.82, 2.24) is 19.6 Å². The zero-order chi connectivity index (χ0) is 17.3. The Hall–Kier alpha value is -1.85. The highest BCUT2D eigenvalue weighted by molar-refractivity contribution is 5.97. The van der Waals surface area contributed by atoms with Gasteiger partial charge in [-0.1, -0.05) is 27.7 Å². The van der Waals surface area contributed by atoms with Crippen LogP contribution in [0.25, 0.3) is 0 Å². The summed E-state index contributed by atoms with van der Waals surface area (Å²) in [5.41, 5.74) is 1.44. The van der Waals surface area contributed by atoms with Gasteiger partial charge in [-0.3, -0.25) is 14.3 Å². The van der Waals surface area contributed by atoms with Crippen molar-refractivity contribution < 1.29 is 9.59 Å². The van der Waals surface area contributed by atoms with Crippen LogP contribution in [0.2, 0.25) is 0 Å². The van der Waals surface area contributed by atoms with Crippen LogP contribution in [-0.2, 0) is 11.8 Å². The molecule has 0 spiro atoms. The fourth-order valence-corrected chi connectivity index (χ4v) is 2.95. The van der Waals surface area contributed by atoms with E-state index in [0.717, 1.165) is 12.2 Å². The number of aromatic nitrogens is 2. The molecule has 2 amide bonds. The van der Waals surface area contributed by atoms with Gasteiger partial charge in [0.1, 0.15) is 11.7 Å². The van der Waals surface area contributed by atoms with E-state index in [9.17, 15) is 9.59 Å². The van der Waals surface area contributed by atoms with E-state index < -0.39 is 6.04 Å². The second-order valence-corrected chi connectivity index (χ2v) is 7.09. The van der Waals surface area contributed by atoms with Gasteiger partial charge in [0.05, 0.1) is 5.69 Å². The van der Waals surface area contributed by atoms with Gasteiger partial charge in [0, 0.05) is 26.7 Å². The third kappa shape index (κ3) is 3.57. The summed E-state index contributed by atoms with van der Waals surface area (Å²) < 4.78 is 1.62. The second kappa shape index (κ2) is 6.72. The fraction of sp³-hybridized carbons (Fsp3) is 0.706. The number of carbonyl (C=O) groups is 2. The molecule has 1 saturated heterocycles. The molecule has 1 aromatic heterocycles. The van der Waals surface area contributed by atoms with Crippen molar-refractivity contribution in [2.45, 2.75) is 46.6 Å². The molecule has 2 rings (SSSR count). The Kier molecular flexibility index (Phi) is 5.12. The van der Waals surface area contributed by atoms with E-state index in [0.29, 0.717) is 24.7 Å². The maximum atomic E-state index is 12.8. The zero-order valence-corrected chi connectivity index (χ0v) is 15.0. The van der Waals surface area contributed by atoms with Crippen LogP contribution >= 0.6 is 0 Å². The Morgan fingerprint density at radius 2 is 1.96 bits per heavy atom. The molecule has 0 unspecified atom stereocenters. The van der Waals surface area contributed by atoms with Crippen molar-refractivity contribution in [1.29, 1.82) is 0 Å². The molecule has 128 valence electrons. The van der Waals surface area contributed by atoms with Crippen LogP contribution in [0.5, 0.6) is 0 Å². The van der Waals surface area contributed by atoms with E-state index >= 15 is 0 Å². The number of hydrogen-bond donors (Lipinski definition) is 0. The first-order valence-corrected chi connectivity index (χ1v) is 8.36. The molecule has 0 bridgehead atoms. The normalized spacial score (nSPS) is 19.1. The number of piperazine rings is 1. The lowest BCUT2D eigenvalue weighted by atomic mass is 10.1. The van der Waals surface area contributed by atoms with Crippen molar-refractivity contribution in [2.75, 3.05) is 19.6 Å². The SMILES string of the molecule is CC(C)CN1CCN(C(=O)c2cc(C(C)C)nn2C)[C@@H](C)C1=O. The molecular formula is C17H28N4O2. The average molecular weight is 320 g/mol. The van der Waals surface area contributed by atoms with Crippen LogP contribution in [-0.4, -0.2) is 57.1 Å². The van der Waals surface area contributed by atoms with Crippen molar-refractivity contribution in [3.05, 3.63) is 17.5 Å². The maximum absolute atomic E-state index is 12.8. The van der Waals surface area contributed by atoms with Gasteiger partial charge in [-0.2, -0.15) is 5.10 Å². The summed E-state index contributed by atoms with van der Waals surface area (Å²) in [5, 5.41) is 4.40. The first kappa shape index (κ1) is 17.5. The van der Waals surface area contributed by atoms with Crippen LogP contribution in [0.3, 0.4) is 0 Å². The summed E-state index contributed by atoms with van der Waals surface area (Å²) in [6, 6.07) is 1.41. The van der Waals surface area contributed by atoms with E-state index in [2.05, 4.69) is 18.9 Å². The summed E-state index contributed by atoms with van der Waals surface area (Å²) in [4.78, 5) is 28.9. The quantitative estimate of drug-likeness (QED) is 0.851. The van der Waals surface area contributed by atoms with Gasteiger partial charge in [-0.25, -0.2) is 0 Å². The van der Waals surface area contributed by atoms with Crippen LogP contribution < -0.4 is 0 Å². The molecule has 0 saturated carbocycles. The van der Waals surface area contributed by atoms with E-state index in [-0.39, 0.29) is 17.7 Å². The van der Waals surface area contributed by atoms with Crippen LogP contribution in [0.4, 0.5) is 0 Å². The molecule has 0 aliphatic carbocycles. The van der Waals surface area contributed by atoms with Gasteiger partial charge in [-0.15, -0.1) is 0 Å². The van der Waals surface area contributed by atoms with E-state index in [1.807, 2.05) is 31.7 Å². The standard InChI is InChI=1S/C17H28N4O2/c1-11(2)10-20-7-8-21(13(5)16(20)22)17(23)15-9-14(12(3)4)18-19(15)6/h9,11-13H,7-8,10H2,1-6H3/t13-/m0/s1. The molecule has 1 aliphatic heterocycles. The monoisotopic (exact) mass is 320 g/mol. The summed E-state index contributed by atoms with van der Waals surface area (Å²) in [6.07, 6.45) is 0. The number of rotatable bonds is 4. The van der Waals surface area contributed by atoms with Crippen molar-refractivity contribution >= 4 is 11.8 Å². The minimum atomic E-state index is -0.424. The van der Waals surface area contributed by atoms with Crippen molar-refractivity contribution in [2.24, 2.45) is 13.0 Å². The number of carbonyl (C=O) groups excluding carboxylic acids is 2. The fourth-order valence-electron chi connectivity index (χ4n) is 2.95. The lowest BCUT2D eigenvalue weighted by molar-refractivity contribution is -0.140. The van der Waals surface area contributed by atoms with Crippen LogP contribution in [0, 0.1) is 5.92 Å². The lowest BCUT2D eigenvalue weighted by Crippen LogP contribution is -2.58. The van der Waals surface area contributed by atoms with Gasteiger partial charge in [-0.05, 0) is 24.8 Å². The van der Waals surface area contributed by atoms with E-state index in [1.165, 1.54) is 0 Å². The summed E-state index contributed by atoms with van der Waals surface area (Å²) >= 11 is 0. The minimum Gasteiger partial charge on any atom is -0.339 e. The van der Waals surface area contributed by atoms with Gasteiger partial charge in [0.25, 0.3) is 5.91 Å². The molecule has 1 fully saturated rings. The predicted molar refractivity (Wildman–Crippen MR) is 89.2 cm³/mol. The third-order valence-corrected chi connectivity index (χ3v) is 4.30. The Balaban J connectivity index is 2.16. The highest BCUT2D eigenvalue weighted by atomic mass is 16.2. The van der Waals surface area contributed by atoms with Gasteiger partial charge in [0.2, 0.25) is 5.91 Å². The largest absolute Gasteiger partial charge is 0.339 e. The van der Waals surface area contributed by atoms with E-state index in [1.54, 1.807) is 16.6 Å². The van der Waals surface area contributed by atoms with Gasteiger partial charge in [0.15, 0.2) is 0 Å². The number of hydrogen-bond acceptors (Lipinski definition) is 3. The van der Waals surface area contributed by atoms with Gasteiger partial charge < -0.3 is 9.80 Å². The van der Waals surface area contributed by atoms with E-state index in [4.69, 9.17) is 0 Å². The third-order valence-electron chi connectivity index (χ3n) is 4.30. The molecule has 0 N–H and O–H groups in total. The minimum absolute atomic E-state index is 0.0320. The van der Waals surface area contributed by atoms with Crippen molar-refractivity contribution in [3.8, 4) is 0 Å². The Labute approximate surface area is 138 Å². The van der Waals surface area contributed by atoms with Crippen LogP contribution in [0.1, 0.15) is 56.7 Å². The van der Waals surface area contributed by atoms with Crippen molar-refractivity contribution in [3.63, 3.8) is 0 Å². The summed E-state index contributed by atoms with van der Waals surface area (Å²) in [6.45, 7) is 12.0. The Morgan fingerprint density at radius 3 is 2.48 bits per heavy atom. The molecule has 2 heterocycles. The number of amides is 2. The predicted octanol–water partition coefficient (Wildman–Crippen LogP) is 1.87. The molecule has 0 radical (unpaired) electrons. The molecular weight excluding hydrogens is 292 g/mol. The Morgan fingerprint density at radius 1 is 1.30 bits per heavy atom. The summed E-state index contributed by atoms with van der Waals surface area (Å²) in [5.74, 6) is 0.616. The summed E-state index contributed by atoms with van der Waals surface area (Å²) in [7, 11) is 1.78. The van der Waals surface area contributed by atoms with Crippen LogP contribution in [0.15, 0.2) is 6.07 Å². The molecule has 0 aromatic carbocycles. The lowest BCUT2D eigenvalue weighted by Gasteiger charge is -2.39. The molecule has 1 aromatic rings. The topological polar surface area (TPSA) is 58.4 Å². The first-order valence-electron chi connectivity index (χ1n) is 8.36.